The largest absolute Gasteiger partial charge is 0.497 e. The minimum absolute atomic E-state index is 0.450. The molecule has 182 valence electrons. The van der Waals surface area contributed by atoms with Gasteiger partial charge in [-0.15, -0.1) is 5.10 Å². The van der Waals surface area contributed by atoms with Crippen LogP contribution in [0.4, 0.5) is 11.6 Å². The Morgan fingerprint density at radius 2 is 1.47 bits per heavy atom. The zero-order chi connectivity index (χ0) is 25.1. The smallest absolute Gasteiger partial charge is 0.139 e. The molecule has 0 spiro atoms. The molecule has 3 heterocycles. The fraction of sp³-hybridized carbons (Fsp3) is 0.185. The van der Waals surface area contributed by atoms with E-state index in [0.717, 1.165) is 50.6 Å². The van der Waals surface area contributed by atoms with Crippen molar-refractivity contribution in [2.24, 2.45) is 7.05 Å². The molecule has 0 bridgehead atoms. The molecule has 0 amide bonds. The van der Waals surface area contributed by atoms with Crippen molar-refractivity contribution in [3.05, 3.63) is 84.2 Å². The van der Waals surface area contributed by atoms with Crippen LogP contribution in [0.1, 0.15) is 11.1 Å². The van der Waals surface area contributed by atoms with E-state index in [-0.39, 0.29) is 0 Å². The van der Waals surface area contributed by atoms with Crippen molar-refractivity contribution in [2.75, 3.05) is 24.9 Å². The first-order chi connectivity index (χ1) is 17.5. The highest BCUT2D eigenvalue weighted by Crippen LogP contribution is 2.32. The minimum atomic E-state index is 0.450. The molecule has 36 heavy (non-hydrogen) atoms. The molecule has 0 atom stereocenters. The molecule has 5 aromatic rings. The van der Waals surface area contributed by atoms with Gasteiger partial charge in [0.15, 0.2) is 0 Å². The van der Waals surface area contributed by atoms with Crippen LogP contribution in [-0.2, 0) is 20.1 Å². The zero-order valence-electron chi connectivity index (χ0n) is 20.4. The minimum Gasteiger partial charge on any atom is -0.497 e. The summed E-state index contributed by atoms with van der Waals surface area (Å²) in [5.74, 6) is 2.87. The molecule has 9 heteroatoms. The number of hydrogen-bond acceptors (Lipinski definition) is 8. The second-order valence-electron chi connectivity index (χ2n) is 8.46. The molecule has 0 aliphatic heterocycles. The number of rotatable bonds is 8. The van der Waals surface area contributed by atoms with Crippen LogP contribution in [0.2, 0.25) is 0 Å². The lowest BCUT2D eigenvalue weighted by molar-refractivity contribution is 0.414. The lowest BCUT2D eigenvalue weighted by Gasteiger charge is -2.26. The number of aryl methyl sites for hydroxylation is 1. The van der Waals surface area contributed by atoms with E-state index in [9.17, 15) is 0 Å². The predicted octanol–water partition coefficient (Wildman–Crippen LogP) is 4.23. The van der Waals surface area contributed by atoms with Gasteiger partial charge in [-0.25, -0.2) is 14.6 Å². The van der Waals surface area contributed by atoms with Gasteiger partial charge in [-0.1, -0.05) is 29.5 Å². The summed E-state index contributed by atoms with van der Waals surface area (Å²) in [6, 6.07) is 20.0. The molecule has 3 aromatic heterocycles. The zero-order valence-corrected chi connectivity index (χ0v) is 20.4. The average Bonchev–Trinajstić information content (AvgIpc) is 3.34. The van der Waals surface area contributed by atoms with E-state index in [2.05, 4.69) is 44.5 Å². The van der Waals surface area contributed by atoms with E-state index in [1.165, 1.54) is 0 Å². The standard InChI is InChI=1S/C27H27N7O2/c1-33-25(15-30-32-33)24-12-20-13-26(28)29-14-23(20)27(31-24)34(16-18-4-8-21(35-2)9-5-18)17-19-6-10-22(36-3)11-7-19/h4-15H,16-17H2,1-3H3,(H2,28,29). The number of nitrogens with zero attached hydrogens (tertiary/aromatic N) is 6. The van der Waals surface area contributed by atoms with Gasteiger partial charge in [-0.05, 0) is 52.9 Å². The Bertz CT molecular complexity index is 1430. The van der Waals surface area contributed by atoms with Crippen molar-refractivity contribution in [3.8, 4) is 22.9 Å². The van der Waals surface area contributed by atoms with Crippen molar-refractivity contribution < 1.29 is 9.47 Å². The number of aromatic nitrogens is 5. The Morgan fingerprint density at radius 1 is 0.861 bits per heavy atom. The van der Waals surface area contributed by atoms with Gasteiger partial charge in [0.25, 0.3) is 0 Å². The fourth-order valence-electron chi connectivity index (χ4n) is 4.15. The Labute approximate surface area is 209 Å². The van der Waals surface area contributed by atoms with Crippen LogP contribution in [0.5, 0.6) is 11.5 Å². The van der Waals surface area contributed by atoms with Crippen LogP contribution in [0.15, 0.2) is 73.1 Å². The summed E-state index contributed by atoms with van der Waals surface area (Å²) in [6.45, 7) is 1.24. The SMILES string of the molecule is COc1ccc(CN(Cc2ccc(OC)cc2)c2nc(-c3cnnn3C)cc3cc(N)ncc23)cc1. The lowest BCUT2D eigenvalue weighted by atomic mass is 10.1. The van der Waals surface area contributed by atoms with Gasteiger partial charge in [0.05, 0.1) is 26.1 Å². The summed E-state index contributed by atoms with van der Waals surface area (Å²) in [5.41, 5.74) is 9.86. The van der Waals surface area contributed by atoms with E-state index >= 15 is 0 Å². The van der Waals surface area contributed by atoms with Gasteiger partial charge in [-0.2, -0.15) is 0 Å². The van der Waals surface area contributed by atoms with Crippen LogP contribution in [0.3, 0.4) is 0 Å². The Kier molecular flexibility index (Phi) is 6.36. The van der Waals surface area contributed by atoms with E-state index in [1.807, 2.05) is 43.4 Å². The topological polar surface area (TPSA) is 104 Å². The number of hydrogen-bond donors (Lipinski definition) is 1. The maximum Gasteiger partial charge on any atom is 0.139 e. The first-order valence-electron chi connectivity index (χ1n) is 11.5. The van der Waals surface area contributed by atoms with Gasteiger partial charge in [-0.3, -0.25) is 0 Å². The van der Waals surface area contributed by atoms with Crippen molar-refractivity contribution in [1.82, 2.24) is 25.0 Å². The highest BCUT2D eigenvalue weighted by molar-refractivity contribution is 5.95. The molecule has 0 radical (unpaired) electrons. The summed E-state index contributed by atoms with van der Waals surface area (Å²) in [7, 11) is 5.18. The number of methoxy groups -OCH3 is 2. The fourth-order valence-corrected chi connectivity index (χ4v) is 4.15. The molecule has 0 saturated heterocycles. The molecule has 9 nitrogen and oxygen atoms in total. The molecule has 5 rings (SSSR count). The Hall–Kier alpha value is -4.66. The monoisotopic (exact) mass is 481 g/mol. The van der Waals surface area contributed by atoms with Gasteiger partial charge in [0.2, 0.25) is 0 Å². The van der Waals surface area contributed by atoms with Crippen LogP contribution < -0.4 is 20.1 Å². The number of fused-ring (bicyclic) bond motifs is 1. The predicted molar refractivity (Wildman–Crippen MR) is 140 cm³/mol. The van der Waals surface area contributed by atoms with Crippen LogP contribution in [0, 0.1) is 0 Å². The Morgan fingerprint density at radius 3 is 2.00 bits per heavy atom. The van der Waals surface area contributed by atoms with Crippen LogP contribution in [-0.4, -0.2) is 39.2 Å². The van der Waals surface area contributed by atoms with E-state index in [4.69, 9.17) is 20.2 Å². The first-order valence-corrected chi connectivity index (χ1v) is 11.5. The maximum atomic E-state index is 6.05. The number of ether oxygens (including phenoxy) is 2. The molecule has 0 fully saturated rings. The molecule has 2 N–H and O–H groups in total. The van der Waals surface area contributed by atoms with Crippen LogP contribution >= 0.6 is 0 Å². The maximum absolute atomic E-state index is 6.05. The number of nitrogen functional groups attached to an aromatic ring is 1. The van der Waals surface area contributed by atoms with Gasteiger partial charge in [0.1, 0.15) is 28.8 Å². The molecule has 0 unspecified atom stereocenters. The van der Waals surface area contributed by atoms with Crippen molar-refractivity contribution in [1.29, 1.82) is 0 Å². The van der Waals surface area contributed by atoms with Crippen molar-refractivity contribution >= 4 is 22.4 Å². The third kappa shape index (κ3) is 4.76. The first kappa shape index (κ1) is 23.1. The highest BCUT2D eigenvalue weighted by Gasteiger charge is 2.18. The average molecular weight is 482 g/mol. The third-order valence-corrected chi connectivity index (χ3v) is 6.06. The van der Waals surface area contributed by atoms with E-state index in [1.54, 1.807) is 31.3 Å². The molecule has 0 aliphatic rings. The van der Waals surface area contributed by atoms with Crippen LogP contribution in [0.25, 0.3) is 22.2 Å². The number of benzene rings is 2. The molecule has 0 saturated carbocycles. The number of anilines is 2. The highest BCUT2D eigenvalue weighted by atomic mass is 16.5. The summed E-state index contributed by atoms with van der Waals surface area (Å²) in [5, 5.41) is 9.97. The van der Waals surface area contributed by atoms with Crippen molar-refractivity contribution in [2.45, 2.75) is 13.1 Å². The second kappa shape index (κ2) is 9.91. The van der Waals surface area contributed by atoms with E-state index < -0.39 is 0 Å². The summed E-state index contributed by atoms with van der Waals surface area (Å²) in [4.78, 5) is 11.7. The number of nitrogens with two attached hydrogens (primary N) is 1. The normalized spacial score (nSPS) is 11.0. The quantitative estimate of drug-likeness (QED) is 0.351. The Balaban J connectivity index is 1.64. The molecule has 2 aromatic carbocycles. The molecular weight excluding hydrogens is 454 g/mol. The second-order valence-corrected chi connectivity index (χ2v) is 8.46. The summed E-state index contributed by atoms with van der Waals surface area (Å²) < 4.78 is 12.4. The summed E-state index contributed by atoms with van der Waals surface area (Å²) >= 11 is 0. The molecular formula is C27H27N7O2. The van der Waals surface area contributed by atoms with Gasteiger partial charge < -0.3 is 20.1 Å². The van der Waals surface area contributed by atoms with Gasteiger partial charge in [0, 0.05) is 31.7 Å². The van der Waals surface area contributed by atoms with E-state index in [0.29, 0.717) is 18.9 Å². The summed E-state index contributed by atoms with van der Waals surface area (Å²) in [6.07, 6.45) is 3.49. The lowest BCUT2D eigenvalue weighted by Crippen LogP contribution is -2.24. The van der Waals surface area contributed by atoms with Gasteiger partial charge >= 0.3 is 0 Å². The third-order valence-electron chi connectivity index (χ3n) is 6.06. The number of pyridine rings is 2. The van der Waals surface area contributed by atoms with Crippen molar-refractivity contribution in [3.63, 3.8) is 0 Å². The molecule has 0 aliphatic carbocycles.